The van der Waals surface area contributed by atoms with E-state index in [-0.39, 0.29) is 18.6 Å². The number of alkyl carbamates (subject to hydrolysis) is 1. The lowest BCUT2D eigenvalue weighted by Crippen LogP contribution is -2.50. The Morgan fingerprint density at radius 1 is 1.12 bits per heavy atom. The molecule has 2 N–H and O–H groups in total. The van der Waals surface area contributed by atoms with Crippen LogP contribution in [0.1, 0.15) is 29.3 Å². The van der Waals surface area contributed by atoms with Crippen LogP contribution in [0.15, 0.2) is 54.6 Å². The van der Waals surface area contributed by atoms with Gasteiger partial charge >= 0.3 is 12.1 Å². The normalized spacial score (nSPS) is 21.7. The SMILES string of the molecule is COC(=O)[C@H]1Cc2c([nH]c3ccccc23)[C@@H]2C[C@@H](NC(=O)OCc3ccccc3)C(=O)N12. The quantitative estimate of drug-likeness (QED) is 0.617. The predicted octanol–water partition coefficient (Wildman–Crippen LogP) is 2.83. The molecule has 1 fully saturated rings. The molecule has 8 nitrogen and oxygen atoms in total. The van der Waals surface area contributed by atoms with Gasteiger partial charge in [-0.1, -0.05) is 48.5 Å². The number of carbonyl (C=O) groups is 3. The topological polar surface area (TPSA) is 101 Å². The van der Waals surface area contributed by atoms with Gasteiger partial charge in [-0.05, 0) is 17.2 Å². The largest absolute Gasteiger partial charge is 0.467 e. The van der Waals surface area contributed by atoms with Gasteiger partial charge in [0.25, 0.3) is 0 Å². The van der Waals surface area contributed by atoms with Crippen molar-refractivity contribution in [2.45, 2.75) is 37.6 Å². The second-order valence-corrected chi connectivity index (χ2v) is 8.06. The lowest BCUT2D eigenvalue weighted by Gasteiger charge is -2.35. The van der Waals surface area contributed by atoms with Crippen LogP contribution in [0.5, 0.6) is 0 Å². The second-order valence-electron chi connectivity index (χ2n) is 8.06. The molecule has 0 saturated carbocycles. The van der Waals surface area contributed by atoms with Gasteiger partial charge in [-0.15, -0.1) is 0 Å². The lowest BCUT2D eigenvalue weighted by atomic mass is 9.92. The number of aromatic amines is 1. The molecule has 3 heterocycles. The number of rotatable bonds is 4. The van der Waals surface area contributed by atoms with Crippen molar-refractivity contribution >= 4 is 28.9 Å². The van der Waals surface area contributed by atoms with E-state index in [1.165, 1.54) is 7.11 Å². The molecular weight excluding hydrogens is 410 g/mol. The Kier molecular flexibility index (Phi) is 5.05. The molecule has 0 radical (unpaired) electrons. The van der Waals surface area contributed by atoms with E-state index in [2.05, 4.69) is 10.3 Å². The number of nitrogens with one attached hydrogen (secondary N) is 2. The summed E-state index contributed by atoms with van der Waals surface area (Å²) in [5.41, 5.74) is 3.72. The summed E-state index contributed by atoms with van der Waals surface area (Å²) in [4.78, 5) is 43.2. The van der Waals surface area contributed by atoms with Crippen LogP contribution in [0.2, 0.25) is 0 Å². The highest BCUT2D eigenvalue weighted by Gasteiger charge is 2.51. The summed E-state index contributed by atoms with van der Waals surface area (Å²) in [6.07, 6.45) is 0.0324. The van der Waals surface area contributed by atoms with Gasteiger partial charge in [0, 0.05) is 29.4 Å². The monoisotopic (exact) mass is 433 g/mol. The number of ether oxygens (including phenoxy) is 2. The standard InChI is InChI=1S/C24H23N3O5/c1-31-23(29)20-11-16-15-9-5-6-10-17(15)25-21(16)19-12-18(22(28)27(19)20)26-24(30)32-13-14-7-3-2-4-8-14/h2-10,18-20,25H,11-13H2,1H3,(H,26,30)/t18-,19+,20-/m1/s1. The number of H-pyrrole nitrogens is 1. The van der Waals surface area contributed by atoms with Gasteiger partial charge in [-0.3, -0.25) is 4.79 Å². The van der Waals surface area contributed by atoms with Crippen LogP contribution in [0.25, 0.3) is 10.9 Å². The molecule has 8 heteroatoms. The molecule has 0 spiro atoms. The van der Waals surface area contributed by atoms with Gasteiger partial charge in [-0.25, -0.2) is 9.59 Å². The minimum atomic E-state index is -0.784. The maximum atomic E-state index is 13.2. The highest BCUT2D eigenvalue weighted by atomic mass is 16.5. The number of carbonyl (C=O) groups excluding carboxylic acids is 3. The minimum Gasteiger partial charge on any atom is -0.467 e. The number of benzene rings is 2. The van der Waals surface area contributed by atoms with Crippen molar-refractivity contribution in [2.75, 3.05) is 7.11 Å². The Balaban J connectivity index is 1.39. The Hall–Kier alpha value is -3.81. The average molecular weight is 433 g/mol. The van der Waals surface area contributed by atoms with Crippen LogP contribution in [0.3, 0.4) is 0 Å². The van der Waals surface area contributed by atoms with E-state index in [0.717, 1.165) is 27.7 Å². The lowest BCUT2D eigenvalue weighted by molar-refractivity contribution is -0.153. The summed E-state index contributed by atoms with van der Waals surface area (Å²) in [5, 5.41) is 3.71. The number of fused-ring (bicyclic) bond motifs is 5. The molecule has 164 valence electrons. The van der Waals surface area contributed by atoms with Gasteiger partial charge in [0.1, 0.15) is 18.7 Å². The zero-order valence-corrected chi connectivity index (χ0v) is 17.5. The molecule has 2 aliphatic rings. The number of esters is 1. The zero-order valence-electron chi connectivity index (χ0n) is 17.5. The highest BCUT2D eigenvalue weighted by Crippen LogP contribution is 2.43. The van der Waals surface area contributed by atoms with Gasteiger partial charge in [0.15, 0.2) is 0 Å². The molecule has 32 heavy (non-hydrogen) atoms. The van der Waals surface area contributed by atoms with Crippen LogP contribution in [0.4, 0.5) is 4.79 Å². The molecule has 2 amide bonds. The third-order valence-corrected chi connectivity index (χ3v) is 6.24. The van der Waals surface area contributed by atoms with E-state index in [1.807, 2.05) is 54.6 Å². The van der Waals surface area contributed by atoms with E-state index >= 15 is 0 Å². The zero-order chi connectivity index (χ0) is 22.2. The predicted molar refractivity (Wildman–Crippen MR) is 116 cm³/mol. The number of hydrogen-bond acceptors (Lipinski definition) is 5. The third kappa shape index (κ3) is 3.37. The van der Waals surface area contributed by atoms with Crippen LogP contribution < -0.4 is 5.32 Å². The number of para-hydroxylation sites is 1. The Morgan fingerprint density at radius 3 is 2.66 bits per heavy atom. The van der Waals surface area contributed by atoms with Crippen molar-refractivity contribution < 1.29 is 23.9 Å². The van der Waals surface area contributed by atoms with Crippen molar-refractivity contribution in [2.24, 2.45) is 0 Å². The van der Waals surface area contributed by atoms with Crippen molar-refractivity contribution in [3.05, 3.63) is 71.4 Å². The summed E-state index contributed by atoms with van der Waals surface area (Å²) in [6.45, 7) is 0.109. The molecular formula is C24H23N3O5. The van der Waals surface area contributed by atoms with Gasteiger partial charge < -0.3 is 24.7 Å². The first-order chi connectivity index (χ1) is 15.6. The summed E-state index contributed by atoms with van der Waals surface area (Å²) in [7, 11) is 1.32. The Morgan fingerprint density at radius 2 is 1.88 bits per heavy atom. The molecule has 0 bridgehead atoms. The molecule has 0 unspecified atom stereocenters. The number of hydrogen-bond donors (Lipinski definition) is 2. The van der Waals surface area contributed by atoms with Crippen molar-refractivity contribution in [1.29, 1.82) is 0 Å². The van der Waals surface area contributed by atoms with Crippen LogP contribution in [0, 0.1) is 0 Å². The maximum Gasteiger partial charge on any atom is 0.408 e. The maximum absolute atomic E-state index is 13.2. The van der Waals surface area contributed by atoms with Crippen LogP contribution in [-0.2, 0) is 32.1 Å². The van der Waals surface area contributed by atoms with E-state index in [0.29, 0.717) is 12.8 Å². The van der Waals surface area contributed by atoms with Crippen LogP contribution in [-0.4, -0.2) is 47.0 Å². The highest BCUT2D eigenvalue weighted by molar-refractivity contribution is 5.94. The average Bonchev–Trinajstić information content (AvgIpc) is 3.35. The Labute approximate surface area is 184 Å². The van der Waals surface area contributed by atoms with Gasteiger partial charge in [0.05, 0.1) is 13.2 Å². The molecule has 0 aliphatic carbocycles. The van der Waals surface area contributed by atoms with Crippen molar-refractivity contribution in [3.8, 4) is 0 Å². The number of amides is 2. The summed E-state index contributed by atoms with van der Waals surface area (Å²) in [6, 6.07) is 15.3. The smallest absolute Gasteiger partial charge is 0.408 e. The Bertz CT molecular complexity index is 1190. The molecule has 2 aliphatic heterocycles. The molecule has 1 saturated heterocycles. The summed E-state index contributed by atoms with van der Waals surface area (Å²) < 4.78 is 10.3. The number of methoxy groups -OCH3 is 1. The van der Waals surface area contributed by atoms with E-state index in [4.69, 9.17) is 9.47 Å². The fraction of sp³-hybridized carbons (Fsp3) is 0.292. The van der Waals surface area contributed by atoms with E-state index in [1.54, 1.807) is 4.90 Å². The molecule has 3 atom stereocenters. The molecule has 3 aromatic rings. The fourth-order valence-electron chi connectivity index (χ4n) is 4.78. The van der Waals surface area contributed by atoms with E-state index in [9.17, 15) is 14.4 Å². The summed E-state index contributed by atoms with van der Waals surface area (Å²) in [5.74, 6) is -0.780. The number of aromatic nitrogens is 1. The van der Waals surface area contributed by atoms with Gasteiger partial charge in [-0.2, -0.15) is 0 Å². The second kappa shape index (κ2) is 8.03. The first-order valence-corrected chi connectivity index (χ1v) is 10.5. The van der Waals surface area contributed by atoms with Crippen molar-refractivity contribution in [1.82, 2.24) is 15.2 Å². The molecule has 1 aromatic heterocycles. The van der Waals surface area contributed by atoms with Crippen LogP contribution >= 0.6 is 0 Å². The number of nitrogens with zero attached hydrogens (tertiary/aromatic N) is 1. The fourth-order valence-corrected chi connectivity index (χ4v) is 4.78. The van der Waals surface area contributed by atoms with Gasteiger partial charge in [0.2, 0.25) is 5.91 Å². The minimum absolute atomic E-state index is 0.109. The molecule has 2 aromatic carbocycles. The first kappa shape index (κ1) is 20.1. The summed E-state index contributed by atoms with van der Waals surface area (Å²) >= 11 is 0. The van der Waals surface area contributed by atoms with E-state index < -0.39 is 24.1 Å². The van der Waals surface area contributed by atoms with Crippen molar-refractivity contribution in [3.63, 3.8) is 0 Å². The molecule has 5 rings (SSSR count). The third-order valence-electron chi connectivity index (χ3n) is 6.24. The first-order valence-electron chi connectivity index (χ1n) is 10.5.